The molecule has 10 heteroatoms. The van der Waals surface area contributed by atoms with Crippen LogP contribution in [0.15, 0.2) is 78.9 Å². The number of aromatic nitrogens is 2. The van der Waals surface area contributed by atoms with Gasteiger partial charge < -0.3 is 5.32 Å². The van der Waals surface area contributed by atoms with Crippen LogP contribution >= 0.6 is 0 Å². The lowest BCUT2D eigenvalue weighted by molar-refractivity contribution is -0.141. The zero-order valence-electron chi connectivity index (χ0n) is 20.8. The number of carbonyl (C=O) groups excluding carboxylic acids is 1. The fraction of sp³-hybridized carbons (Fsp3) is 0.207. The van der Waals surface area contributed by atoms with Crippen molar-refractivity contribution < 1.29 is 22.4 Å². The highest BCUT2D eigenvalue weighted by molar-refractivity contribution is 6.03. The highest BCUT2D eigenvalue weighted by Gasteiger charge is 2.37. The second kappa shape index (κ2) is 10.3. The van der Waals surface area contributed by atoms with Gasteiger partial charge in [0.1, 0.15) is 5.69 Å². The molecule has 0 bridgehead atoms. The average Bonchev–Trinajstić information content (AvgIpc) is 3.68. The Balaban J connectivity index is 1.53. The summed E-state index contributed by atoms with van der Waals surface area (Å²) in [6.45, 7) is 0. The van der Waals surface area contributed by atoms with Gasteiger partial charge in [-0.25, -0.2) is 9.07 Å². The molecule has 1 aliphatic rings. The van der Waals surface area contributed by atoms with E-state index in [-0.39, 0.29) is 16.9 Å². The van der Waals surface area contributed by atoms with E-state index in [9.17, 15) is 23.2 Å². The Morgan fingerprint density at radius 3 is 2.46 bits per heavy atom. The number of alkyl halides is 3. The summed E-state index contributed by atoms with van der Waals surface area (Å²) < 4.78 is 57.3. The molecule has 1 atom stereocenters. The quantitative estimate of drug-likeness (QED) is 0.282. The minimum Gasteiger partial charge on any atom is -0.318 e. The van der Waals surface area contributed by atoms with Gasteiger partial charge in [-0.15, -0.1) is 0 Å². The number of nitrogens with zero attached hydrogens (tertiary/aromatic N) is 4. The number of anilines is 1. The summed E-state index contributed by atoms with van der Waals surface area (Å²) >= 11 is 0. The number of carbonyl (C=O) groups is 1. The summed E-state index contributed by atoms with van der Waals surface area (Å²) in [7, 11) is 1.92. The van der Waals surface area contributed by atoms with Gasteiger partial charge in [-0.1, -0.05) is 48.5 Å². The third kappa shape index (κ3) is 5.40. The molecule has 1 heterocycles. The topological polar surface area (TPSA) is 74.0 Å². The van der Waals surface area contributed by atoms with Crippen LogP contribution in [0.2, 0.25) is 0 Å². The molecule has 1 fully saturated rings. The molecule has 0 radical (unpaired) electrons. The molecule has 1 amide bonds. The normalized spacial score (nSPS) is 14.2. The largest absolute Gasteiger partial charge is 0.435 e. The van der Waals surface area contributed by atoms with Crippen molar-refractivity contribution in [3.63, 3.8) is 0 Å². The third-order valence-electron chi connectivity index (χ3n) is 6.67. The second-order valence-corrected chi connectivity index (χ2v) is 9.36. The Hall–Kier alpha value is -4.49. The Morgan fingerprint density at radius 1 is 1.08 bits per heavy atom. The molecule has 6 nitrogen and oxygen atoms in total. The van der Waals surface area contributed by atoms with Gasteiger partial charge in [0.2, 0.25) is 0 Å². The van der Waals surface area contributed by atoms with Crippen molar-refractivity contribution in [3.05, 3.63) is 113 Å². The molecule has 1 unspecified atom stereocenters. The van der Waals surface area contributed by atoms with E-state index in [1.165, 1.54) is 30.3 Å². The standard InChI is InChI=1S/C29H23F4N5O/c1-37(20-13-14-20)27(19-8-3-2-4-9-19)22-11-6-12-23(26(22)30)35-28(39)24-16-25(29(31,32)33)36-38(24)21-10-5-7-18(15-21)17-34/h2-12,15-16,20,27H,13-14H2,1H3,(H,35,39). The van der Waals surface area contributed by atoms with E-state index in [0.717, 1.165) is 23.1 Å². The molecule has 4 aromatic rings. The van der Waals surface area contributed by atoms with Gasteiger partial charge >= 0.3 is 6.18 Å². The van der Waals surface area contributed by atoms with E-state index in [1.54, 1.807) is 12.1 Å². The fourth-order valence-electron chi connectivity index (χ4n) is 4.59. The third-order valence-corrected chi connectivity index (χ3v) is 6.67. The molecular formula is C29H23F4N5O. The number of amides is 1. The summed E-state index contributed by atoms with van der Waals surface area (Å²) in [6, 6.07) is 22.1. The first-order valence-corrected chi connectivity index (χ1v) is 12.2. The van der Waals surface area contributed by atoms with E-state index in [2.05, 4.69) is 15.3 Å². The van der Waals surface area contributed by atoms with E-state index in [0.29, 0.717) is 17.7 Å². The summed E-state index contributed by atoms with van der Waals surface area (Å²) in [6.07, 6.45) is -2.83. The lowest BCUT2D eigenvalue weighted by Gasteiger charge is -2.29. The van der Waals surface area contributed by atoms with Crippen LogP contribution in [0.3, 0.4) is 0 Å². The molecule has 0 spiro atoms. The lowest BCUT2D eigenvalue weighted by atomic mass is 9.96. The minimum atomic E-state index is -4.82. The van der Waals surface area contributed by atoms with Gasteiger partial charge in [0.05, 0.1) is 29.0 Å². The molecule has 198 valence electrons. The maximum absolute atomic E-state index is 16.0. The van der Waals surface area contributed by atoms with Crippen LogP contribution in [-0.4, -0.2) is 33.7 Å². The van der Waals surface area contributed by atoms with Crippen molar-refractivity contribution in [1.29, 1.82) is 5.26 Å². The molecule has 0 aliphatic heterocycles. The first kappa shape index (κ1) is 26.1. The second-order valence-electron chi connectivity index (χ2n) is 9.36. The van der Waals surface area contributed by atoms with E-state index < -0.39 is 35.3 Å². The number of nitriles is 1. The van der Waals surface area contributed by atoms with Gasteiger partial charge in [0, 0.05) is 17.7 Å². The first-order valence-electron chi connectivity index (χ1n) is 12.2. The Kier molecular flexibility index (Phi) is 6.93. The molecule has 3 aromatic carbocycles. The number of hydrogen-bond acceptors (Lipinski definition) is 4. The zero-order valence-corrected chi connectivity index (χ0v) is 20.8. The van der Waals surface area contributed by atoms with Crippen molar-refractivity contribution in [3.8, 4) is 11.8 Å². The van der Waals surface area contributed by atoms with Gasteiger partial charge in [-0.2, -0.15) is 23.5 Å². The SMILES string of the molecule is CN(C1CC1)C(c1ccccc1)c1cccc(NC(=O)c2cc(C(F)(F)F)nn2-c2cccc(C#N)c2)c1F. The van der Waals surface area contributed by atoms with Gasteiger partial charge in [0.25, 0.3) is 5.91 Å². The van der Waals surface area contributed by atoms with E-state index >= 15 is 4.39 Å². The Bertz CT molecular complexity index is 1550. The number of benzene rings is 3. The Morgan fingerprint density at radius 2 is 1.79 bits per heavy atom. The van der Waals surface area contributed by atoms with Crippen molar-refractivity contribution in [2.24, 2.45) is 0 Å². The monoisotopic (exact) mass is 533 g/mol. The predicted molar refractivity (Wildman–Crippen MR) is 137 cm³/mol. The first-order chi connectivity index (χ1) is 18.7. The predicted octanol–water partition coefficient (Wildman–Crippen LogP) is 6.34. The number of halogens is 4. The van der Waals surface area contributed by atoms with Gasteiger partial charge in [-0.05, 0) is 49.7 Å². The molecular weight excluding hydrogens is 510 g/mol. The highest BCUT2D eigenvalue weighted by atomic mass is 19.4. The highest BCUT2D eigenvalue weighted by Crippen LogP contribution is 2.39. The minimum absolute atomic E-state index is 0.0825. The van der Waals surface area contributed by atoms with Crippen LogP contribution in [-0.2, 0) is 6.18 Å². The van der Waals surface area contributed by atoms with Crippen molar-refractivity contribution in [2.75, 3.05) is 12.4 Å². The zero-order chi connectivity index (χ0) is 27.7. The van der Waals surface area contributed by atoms with Crippen LogP contribution in [0.5, 0.6) is 0 Å². The van der Waals surface area contributed by atoms with Crippen LogP contribution in [0.25, 0.3) is 5.69 Å². The summed E-state index contributed by atoms with van der Waals surface area (Å²) in [5.41, 5.74) is -0.460. The smallest absolute Gasteiger partial charge is 0.318 e. The van der Waals surface area contributed by atoms with Crippen LogP contribution in [0, 0.1) is 17.1 Å². The van der Waals surface area contributed by atoms with Crippen LogP contribution in [0.4, 0.5) is 23.2 Å². The van der Waals surface area contributed by atoms with Crippen molar-refractivity contribution in [1.82, 2.24) is 14.7 Å². The Labute approximate surface area is 222 Å². The van der Waals surface area contributed by atoms with Gasteiger partial charge in [-0.3, -0.25) is 9.69 Å². The fourth-order valence-corrected chi connectivity index (χ4v) is 4.59. The van der Waals surface area contributed by atoms with Gasteiger partial charge in [0.15, 0.2) is 11.5 Å². The summed E-state index contributed by atoms with van der Waals surface area (Å²) in [5, 5.41) is 15.2. The lowest BCUT2D eigenvalue weighted by Crippen LogP contribution is -2.28. The molecule has 1 aromatic heterocycles. The molecule has 39 heavy (non-hydrogen) atoms. The van der Waals surface area contributed by atoms with Crippen molar-refractivity contribution in [2.45, 2.75) is 31.1 Å². The molecule has 1 N–H and O–H groups in total. The molecule has 1 saturated carbocycles. The summed E-state index contributed by atoms with van der Waals surface area (Å²) in [4.78, 5) is 15.4. The van der Waals surface area contributed by atoms with E-state index in [1.807, 2.05) is 43.4 Å². The number of rotatable bonds is 7. The summed E-state index contributed by atoms with van der Waals surface area (Å²) in [5.74, 6) is -1.66. The molecule has 1 aliphatic carbocycles. The molecule has 5 rings (SSSR count). The average molecular weight is 534 g/mol. The molecule has 0 saturated heterocycles. The van der Waals surface area contributed by atoms with Crippen LogP contribution in [0.1, 0.15) is 51.8 Å². The number of nitrogens with one attached hydrogen (secondary N) is 1. The van der Waals surface area contributed by atoms with Crippen molar-refractivity contribution >= 4 is 11.6 Å². The maximum atomic E-state index is 16.0. The number of hydrogen-bond donors (Lipinski definition) is 1. The van der Waals surface area contributed by atoms with Crippen LogP contribution < -0.4 is 5.32 Å². The maximum Gasteiger partial charge on any atom is 0.435 e. The van der Waals surface area contributed by atoms with E-state index in [4.69, 9.17) is 0 Å².